The number of benzene rings is 2. The van der Waals surface area contributed by atoms with E-state index >= 15 is 0 Å². The Morgan fingerprint density at radius 2 is 1.51 bits per heavy atom. The Morgan fingerprint density at radius 3 is 2.09 bits per heavy atom. The molecule has 0 aliphatic heterocycles. The summed E-state index contributed by atoms with van der Waals surface area (Å²) >= 11 is 0. The standard InChI is InChI=1S/C27H30O8/c1-18(2)17-33-35-19(3)34-25-13-9-21(15-27(25)32-5)7-11-23(29)16-22(28)10-6-20-8-12-24(30)26(14-20)31-4/h6-15,19,30H,1,16-17H2,2-5H3/b10-6+,11-7+. The van der Waals surface area contributed by atoms with Crippen LogP contribution < -0.4 is 14.2 Å². The summed E-state index contributed by atoms with van der Waals surface area (Å²) in [4.78, 5) is 34.5. The van der Waals surface area contributed by atoms with E-state index in [0.717, 1.165) is 5.57 Å². The van der Waals surface area contributed by atoms with E-state index in [1.807, 2.05) is 6.92 Å². The maximum atomic E-state index is 12.2. The summed E-state index contributed by atoms with van der Waals surface area (Å²) in [7, 11) is 2.93. The van der Waals surface area contributed by atoms with Crippen molar-refractivity contribution in [2.24, 2.45) is 0 Å². The fourth-order valence-corrected chi connectivity index (χ4v) is 2.78. The van der Waals surface area contributed by atoms with Crippen LogP contribution in [-0.4, -0.2) is 43.8 Å². The molecule has 0 aliphatic rings. The molecule has 0 amide bonds. The lowest BCUT2D eigenvalue weighted by Crippen LogP contribution is -2.17. The molecule has 2 aromatic rings. The number of aromatic hydroxyl groups is 1. The Hall–Kier alpha value is -3.88. The van der Waals surface area contributed by atoms with Gasteiger partial charge in [-0.05, 0) is 54.5 Å². The van der Waals surface area contributed by atoms with Gasteiger partial charge in [0, 0.05) is 6.92 Å². The molecule has 0 fully saturated rings. The number of ether oxygens (including phenoxy) is 3. The Balaban J connectivity index is 1.93. The van der Waals surface area contributed by atoms with Gasteiger partial charge < -0.3 is 19.3 Å². The molecule has 2 aromatic carbocycles. The highest BCUT2D eigenvalue weighted by Crippen LogP contribution is 2.30. The predicted molar refractivity (Wildman–Crippen MR) is 132 cm³/mol. The third kappa shape index (κ3) is 9.48. The van der Waals surface area contributed by atoms with Crippen LogP contribution in [0, 0.1) is 0 Å². The quantitative estimate of drug-likeness (QED) is 0.101. The zero-order valence-corrected chi connectivity index (χ0v) is 20.3. The van der Waals surface area contributed by atoms with Gasteiger partial charge in [-0.3, -0.25) is 9.59 Å². The lowest BCUT2D eigenvalue weighted by atomic mass is 10.1. The maximum Gasteiger partial charge on any atom is 0.228 e. The van der Waals surface area contributed by atoms with E-state index < -0.39 is 6.29 Å². The number of allylic oxidation sites excluding steroid dienone is 2. The van der Waals surface area contributed by atoms with Crippen LogP contribution >= 0.6 is 0 Å². The molecule has 2 rings (SSSR count). The average molecular weight is 483 g/mol. The lowest BCUT2D eigenvalue weighted by molar-refractivity contribution is -0.352. The molecule has 1 N–H and O–H groups in total. The summed E-state index contributed by atoms with van der Waals surface area (Å²) in [5.41, 5.74) is 2.16. The van der Waals surface area contributed by atoms with Crippen molar-refractivity contribution < 1.29 is 38.7 Å². The zero-order valence-electron chi connectivity index (χ0n) is 20.3. The van der Waals surface area contributed by atoms with E-state index in [0.29, 0.717) is 28.4 Å². The summed E-state index contributed by atoms with van der Waals surface area (Å²) in [5, 5.41) is 9.62. The number of rotatable bonds is 14. The van der Waals surface area contributed by atoms with Crippen LogP contribution in [-0.2, 0) is 19.4 Å². The fourth-order valence-electron chi connectivity index (χ4n) is 2.78. The summed E-state index contributed by atoms with van der Waals surface area (Å²) in [6.07, 6.45) is 4.83. The minimum Gasteiger partial charge on any atom is -0.504 e. The average Bonchev–Trinajstić information content (AvgIpc) is 2.82. The Morgan fingerprint density at radius 1 is 0.943 bits per heavy atom. The third-order valence-corrected chi connectivity index (χ3v) is 4.47. The number of phenols is 1. The second kappa shape index (κ2) is 13.7. The Labute approximate surface area is 205 Å². The monoisotopic (exact) mass is 482 g/mol. The predicted octanol–water partition coefficient (Wildman–Crippen LogP) is 4.91. The van der Waals surface area contributed by atoms with Crippen molar-refractivity contribution in [3.05, 3.63) is 71.8 Å². The molecule has 0 bridgehead atoms. The molecule has 0 aliphatic carbocycles. The van der Waals surface area contributed by atoms with Gasteiger partial charge in [0.2, 0.25) is 6.29 Å². The minimum absolute atomic E-state index is 0.00275. The molecule has 0 aromatic heterocycles. The third-order valence-electron chi connectivity index (χ3n) is 4.47. The second-order valence-electron chi connectivity index (χ2n) is 7.62. The van der Waals surface area contributed by atoms with Gasteiger partial charge in [0.25, 0.3) is 0 Å². The number of hydrogen-bond acceptors (Lipinski definition) is 8. The topological polar surface area (TPSA) is 101 Å². The molecule has 8 heteroatoms. The molecule has 186 valence electrons. The maximum absolute atomic E-state index is 12.2. The van der Waals surface area contributed by atoms with Crippen LogP contribution in [0.3, 0.4) is 0 Å². The molecule has 8 nitrogen and oxygen atoms in total. The number of carbonyl (C=O) groups is 2. The molecule has 0 saturated carbocycles. The SMILES string of the molecule is C=C(C)COOC(C)Oc1ccc(/C=C/C(=O)CC(=O)/C=C/c2ccc(O)c(OC)c2)cc1OC. The van der Waals surface area contributed by atoms with Crippen LogP contribution in [0.1, 0.15) is 31.4 Å². The first kappa shape index (κ1) is 27.4. The molecule has 0 spiro atoms. The highest BCUT2D eigenvalue weighted by atomic mass is 17.2. The molecule has 35 heavy (non-hydrogen) atoms. The van der Waals surface area contributed by atoms with Crippen LogP contribution in [0.25, 0.3) is 12.2 Å². The number of carbonyl (C=O) groups excluding carboxylic acids is 2. The van der Waals surface area contributed by atoms with E-state index in [1.54, 1.807) is 49.4 Å². The largest absolute Gasteiger partial charge is 0.504 e. The number of phenolic OH excluding ortho intramolecular Hbond substituents is 1. The zero-order chi connectivity index (χ0) is 25.8. The molecule has 0 radical (unpaired) electrons. The van der Waals surface area contributed by atoms with Gasteiger partial charge >= 0.3 is 0 Å². The van der Waals surface area contributed by atoms with E-state index in [4.69, 9.17) is 24.0 Å². The molecular formula is C27H30O8. The van der Waals surface area contributed by atoms with Crippen molar-refractivity contribution in [2.75, 3.05) is 20.8 Å². The molecular weight excluding hydrogens is 452 g/mol. The van der Waals surface area contributed by atoms with Gasteiger partial charge in [-0.25, -0.2) is 4.89 Å². The molecule has 0 heterocycles. The second-order valence-corrected chi connectivity index (χ2v) is 7.62. The van der Waals surface area contributed by atoms with E-state index in [1.165, 1.54) is 32.4 Å². The van der Waals surface area contributed by atoms with Crippen LogP contribution in [0.5, 0.6) is 23.0 Å². The van der Waals surface area contributed by atoms with E-state index in [9.17, 15) is 14.7 Å². The summed E-state index contributed by atoms with van der Waals surface area (Å²) in [6.45, 7) is 7.47. The van der Waals surface area contributed by atoms with Crippen molar-refractivity contribution in [3.63, 3.8) is 0 Å². The number of ketones is 2. The molecule has 1 atom stereocenters. The highest BCUT2D eigenvalue weighted by molar-refractivity contribution is 6.10. The summed E-state index contributed by atoms with van der Waals surface area (Å²) < 4.78 is 16.1. The molecule has 0 saturated heterocycles. The van der Waals surface area contributed by atoms with Gasteiger partial charge in [-0.1, -0.05) is 36.4 Å². The van der Waals surface area contributed by atoms with Gasteiger partial charge in [0.15, 0.2) is 34.6 Å². The number of hydrogen-bond donors (Lipinski definition) is 1. The normalized spacial score (nSPS) is 12.0. The van der Waals surface area contributed by atoms with Crippen LogP contribution in [0.15, 0.2) is 60.7 Å². The summed E-state index contributed by atoms with van der Waals surface area (Å²) in [5.74, 6) is 0.480. The van der Waals surface area contributed by atoms with Gasteiger partial charge in [-0.15, -0.1) is 0 Å². The Bertz CT molecular complexity index is 1100. The minimum atomic E-state index is -0.687. The Kier molecular flexibility index (Phi) is 10.7. The van der Waals surface area contributed by atoms with Gasteiger partial charge in [0.05, 0.1) is 20.6 Å². The first-order valence-electron chi connectivity index (χ1n) is 10.8. The van der Waals surface area contributed by atoms with Crippen LogP contribution in [0.2, 0.25) is 0 Å². The van der Waals surface area contributed by atoms with Crippen molar-refractivity contribution in [1.29, 1.82) is 0 Å². The van der Waals surface area contributed by atoms with Crippen molar-refractivity contribution in [1.82, 2.24) is 0 Å². The van der Waals surface area contributed by atoms with Gasteiger partial charge in [-0.2, -0.15) is 4.89 Å². The number of methoxy groups -OCH3 is 2. The highest BCUT2D eigenvalue weighted by Gasteiger charge is 2.11. The van der Waals surface area contributed by atoms with Crippen molar-refractivity contribution >= 4 is 23.7 Å². The van der Waals surface area contributed by atoms with Crippen molar-refractivity contribution in [2.45, 2.75) is 26.6 Å². The summed E-state index contributed by atoms with van der Waals surface area (Å²) in [6, 6.07) is 9.80. The van der Waals surface area contributed by atoms with E-state index in [-0.39, 0.29) is 30.3 Å². The van der Waals surface area contributed by atoms with E-state index in [2.05, 4.69) is 6.58 Å². The van der Waals surface area contributed by atoms with Crippen LogP contribution in [0.4, 0.5) is 0 Å². The first-order valence-corrected chi connectivity index (χ1v) is 10.8. The fraction of sp³-hybridized carbons (Fsp3) is 0.259. The van der Waals surface area contributed by atoms with Gasteiger partial charge in [0.1, 0.15) is 6.61 Å². The van der Waals surface area contributed by atoms with Crippen molar-refractivity contribution in [3.8, 4) is 23.0 Å². The molecule has 1 unspecified atom stereocenters. The first-order chi connectivity index (χ1) is 16.7. The smallest absolute Gasteiger partial charge is 0.228 e. The lowest BCUT2D eigenvalue weighted by Gasteiger charge is -2.16.